The third-order valence-corrected chi connectivity index (χ3v) is 6.51. The van der Waals surface area contributed by atoms with Gasteiger partial charge >= 0.3 is 0 Å². The number of likely N-dealkylation sites (N-methyl/N-ethyl adjacent to an activating group) is 1. The average Bonchev–Trinajstić information content (AvgIpc) is 3.22. The summed E-state index contributed by atoms with van der Waals surface area (Å²) in [6, 6.07) is 1.62. The van der Waals surface area contributed by atoms with Crippen molar-refractivity contribution in [1.29, 1.82) is 0 Å². The number of nitrogens with one attached hydrogen (secondary N) is 2. The molecule has 0 aliphatic carbocycles. The lowest BCUT2D eigenvalue weighted by Gasteiger charge is -2.39. The maximum Gasteiger partial charge on any atom is 0.281 e. The number of hydrogen-bond donors (Lipinski definition) is 4. The molecule has 1 aromatic rings. The Morgan fingerprint density at radius 2 is 2.00 bits per heavy atom. The smallest absolute Gasteiger partial charge is 0.281 e. The molecule has 0 saturated carbocycles. The van der Waals surface area contributed by atoms with Gasteiger partial charge in [0.2, 0.25) is 17.7 Å². The largest absolute Gasteiger partial charge is 0.368 e. The molecule has 1 saturated heterocycles. The molecule has 0 aromatic carbocycles. The first kappa shape index (κ1) is 24.8. The molecule has 4 amide bonds. The summed E-state index contributed by atoms with van der Waals surface area (Å²) < 4.78 is 0. The second-order valence-electron chi connectivity index (χ2n) is 8.35. The summed E-state index contributed by atoms with van der Waals surface area (Å²) in [6.45, 7) is 5.72. The van der Waals surface area contributed by atoms with Gasteiger partial charge in [-0.05, 0) is 37.1 Å². The number of hydrogen-bond acceptors (Lipinski definition) is 5. The highest BCUT2D eigenvalue weighted by Gasteiger charge is 2.40. The van der Waals surface area contributed by atoms with E-state index in [1.165, 1.54) is 11.3 Å². The second-order valence-corrected chi connectivity index (χ2v) is 9.38. The summed E-state index contributed by atoms with van der Waals surface area (Å²) in [4.78, 5) is 52.7. The number of primary amides is 1. The Kier molecular flexibility index (Phi) is 9.00. The third-order valence-electron chi connectivity index (χ3n) is 5.63. The van der Waals surface area contributed by atoms with E-state index in [1.807, 2.05) is 17.5 Å². The summed E-state index contributed by atoms with van der Waals surface area (Å²) in [5, 5.41) is 9.41. The fraction of sp³-hybridized carbons (Fsp3) is 0.619. The molecule has 1 aliphatic rings. The van der Waals surface area contributed by atoms with Gasteiger partial charge in [0, 0.05) is 17.5 Å². The molecular weight excluding hydrogens is 418 g/mol. The Morgan fingerprint density at radius 1 is 1.29 bits per heavy atom. The Balaban J connectivity index is 2.13. The van der Waals surface area contributed by atoms with Crippen molar-refractivity contribution in [2.75, 3.05) is 13.6 Å². The predicted octanol–water partition coefficient (Wildman–Crippen LogP) is -1.03. The summed E-state index contributed by atoms with van der Waals surface area (Å²) in [5.74, 6) is -1.48. The van der Waals surface area contributed by atoms with Crippen molar-refractivity contribution < 1.29 is 24.5 Å². The summed E-state index contributed by atoms with van der Waals surface area (Å²) in [6.07, 6.45) is 1.13. The van der Waals surface area contributed by atoms with E-state index < -0.39 is 23.9 Å². The average molecular weight is 453 g/mol. The minimum absolute atomic E-state index is 0.112. The molecule has 0 bridgehead atoms. The maximum atomic E-state index is 13.1. The highest BCUT2D eigenvalue weighted by molar-refractivity contribution is 7.10. The van der Waals surface area contributed by atoms with Crippen LogP contribution in [-0.2, 0) is 25.6 Å². The van der Waals surface area contributed by atoms with Crippen molar-refractivity contribution >= 4 is 35.0 Å². The van der Waals surface area contributed by atoms with Gasteiger partial charge < -0.3 is 26.6 Å². The highest BCUT2D eigenvalue weighted by Crippen LogP contribution is 2.20. The van der Waals surface area contributed by atoms with Gasteiger partial charge in [-0.1, -0.05) is 19.9 Å². The molecule has 31 heavy (non-hydrogen) atoms. The first-order chi connectivity index (χ1) is 14.6. The first-order valence-electron chi connectivity index (χ1n) is 10.6. The van der Waals surface area contributed by atoms with Crippen LogP contribution in [0.4, 0.5) is 0 Å². The molecule has 172 valence electrons. The van der Waals surface area contributed by atoms with Crippen LogP contribution in [0.3, 0.4) is 0 Å². The van der Waals surface area contributed by atoms with Crippen LogP contribution in [0.15, 0.2) is 17.5 Å². The minimum atomic E-state index is -0.826. The van der Waals surface area contributed by atoms with E-state index in [2.05, 4.69) is 10.6 Å². The fourth-order valence-electron chi connectivity index (χ4n) is 3.68. The van der Waals surface area contributed by atoms with E-state index in [0.717, 1.165) is 4.88 Å². The topological polar surface area (TPSA) is 138 Å². The van der Waals surface area contributed by atoms with Crippen LogP contribution in [0.1, 0.15) is 38.5 Å². The van der Waals surface area contributed by atoms with Crippen molar-refractivity contribution in [3.63, 3.8) is 0 Å². The molecule has 2 heterocycles. The number of carbonyl (C=O) groups excluding carboxylic acids is 4. The van der Waals surface area contributed by atoms with Crippen molar-refractivity contribution in [3.8, 4) is 0 Å². The molecule has 0 unspecified atom stereocenters. The lowest BCUT2D eigenvalue weighted by atomic mass is 9.94. The lowest BCUT2D eigenvalue weighted by Crippen LogP contribution is -2.88. The van der Waals surface area contributed by atoms with Crippen LogP contribution < -0.4 is 21.7 Å². The van der Waals surface area contributed by atoms with Crippen LogP contribution in [0.25, 0.3) is 0 Å². The van der Waals surface area contributed by atoms with Gasteiger partial charge in [0.15, 0.2) is 6.04 Å². The van der Waals surface area contributed by atoms with E-state index in [-0.39, 0.29) is 42.7 Å². The highest BCUT2D eigenvalue weighted by atomic mass is 32.1. The number of nitrogens with two attached hydrogens (primary N) is 2. The SMILES string of the molecule is C[NH2+][C@@H](C)C(=O)N1CC[C@H](NC(=O)Cc2cccs2)C[C@H]1C(=O)N[C@@H](C(N)=O)C(C)C. The fourth-order valence-corrected chi connectivity index (χ4v) is 4.38. The molecule has 1 aromatic heterocycles. The van der Waals surface area contributed by atoms with Crippen LogP contribution in [-0.4, -0.2) is 66.3 Å². The Labute approximate surface area is 187 Å². The molecule has 10 heteroatoms. The van der Waals surface area contributed by atoms with Crippen LogP contribution in [0.5, 0.6) is 0 Å². The van der Waals surface area contributed by atoms with Crippen LogP contribution in [0.2, 0.25) is 0 Å². The standard InChI is InChI=1S/C21H33N5O4S/c1-12(2)18(19(22)28)25-20(29)16-10-14(7-8-26(16)21(30)13(3)23-4)24-17(27)11-15-6-5-9-31-15/h5-6,9,12-14,16,18,23H,7-8,10-11H2,1-4H3,(H2,22,28)(H,24,27)(H,25,29)/p+1/t13-,14-,16-,18+/m0/s1. The monoisotopic (exact) mass is 452 g/mol. The van der Waals surface area contributed by atoms with E-state index in [4.69, 9.17) is 5.73 Å². The van der Waals surface area contributed by atoms with Gasteiger partial charge in [-0.25, -0.2) is 0 Å². The quantitative estimate of drug-likeness (QED) is 0.381. The van der Waals surface area contributed by atoms with E-state index >= 15 is 0 Å². The number of carbonyl (C=O) groups is 4. The molecular formula is C21H34N5O4S+. The van der Waals surface area contributed by atoms with Crippen molar-refractivity contribution in [2.45, 2.75) is 64.2 Å². The van der Waals surface area contributed by atoms with Gasteiger partial charge in [0.25, 0.3) is 5.91 Å². The number of amides is 4. The minimum Gasteiger partial charge on any atom is -0.368 e. The van der Waals surface area contributed by atoms with Gasteiger partial charge in [-0.2, -0.15) is 0 Å². The normalized spacial score (nSPS) is 20.7. The van der Waals surface area contributed by atoms with Crippen LogP contribution >= 0.6 is 11.3 Å². The summed E-state index contributed by atoms with van der Waals surface area (Å²) >= 11 is 1.52. The van der Waals surface area contributed by atoms with Crippen molar-refractivity contribution in [2.24, 2.45) is 11.7 Å². The van der Waals surface area contributed by atoms with Gasteiger partial charge in [-0.3, -0.25) is 19.2 Å². The zero-order valence-electron chi connectivity index (χ0n) is 18.6. The summed E-state index contributed by atoms with van der Waals surface area (Å²) in [5.41, 5.74) is 5.44. The molecule has 0 spiro atoms. The number of likely N-dealkylation sites (tertiary alicyclic amines) is 1. The number of piperidine rings is 1. The zero-order valence-corrected chi connectivity index (χ0v) is 19.4. The van der Waals surface area contributed by atoms with E-state index in [9.17, 15) is 19.2 Å². The molecule has 1 fully saturated rings. The molecule has 6 N–H and O–H groups in total. The maximum absolute atomic E-state index is 13.1. The first-order valence-corrected chi connectivity index (χ1v) is 11.5. The number of quaternary nitrogens is 1. The van der Waals surface area contributed by atoms with Gasteiger partial charge in [-0.15, -0.1) is 11.3 Å². The second kappa shape index (κ2) is 11.2. The molecule has 2 rings (SSSR count). The molecule has 1 aliphatic heterocycles. The molecule has 4 atom stereocenters. The van der Waals surface area contributed by atoms with Crippen LogP contribution in [0, 0.1) is 5.92 Å². The third kappa shape index (κ3) is 6.76. The molecule has 9 nitrogen and oxygen atoms in total. The summed E-state index contributed by atoms with van der Waals surface area (Å²) in [7, 11) is 1.80. The number of rotatable bonds is 9. The van der Waals surface area contributed by atoms with Crippen molar-refractivity contribution in [3.05, 3.63) is 22.4 Å². The predicted molar refractivity (Wildman–Crippen MR) is 118 cm³/mol. The number of thiophene rings is 1. The Morgan fingerprint density at radius 3 is 2.55 bits per heavy atom. The zero-order chi connectivity index (χ0) is 23.1. The van der Waals surface area contributed by atoms with Crippen molar-refractivity contribution in [1.82, 2.24) is 15.5 Å². The number of nitrogens with zero attached hydrogens (tertiary/aromatic N) is 1. The van der Waals surface area contributed by atoms with Gasteiger partial charge in [0.1, 0.15) is 12.1 Å². The van der Waals surface area contributed by atoms with Gasteiger partial charge in [0.05, 0.1) is 13.5 Å². The lowest BCUT2D eigenvalue weighted by molar-refractivity contribution is -0.647. The Bertz CT molecular complexity index is 783. The Hall–Kier alpha value is -2.46. The van der Waals surface area contributed by atoms with E-state index in [0.29, 0.717) is 13.0 Å². The molecule has 0 radical (unpaired) electrons. The van der Waals surface area contributed by atoms with E-state index in [1.54, 1.807) is 38.0 Å².